The van der Waals surface area contributed by atoms with E-state index in [0.717, 1.165) is 10.5 Å². The lowest BCUT2D eigenvalue weighted by molar-refractivity contribution is -0.123. The number of halogens is 2. The van der Waals surface area contributed by atoms with Crippen LogP contribution in [0, 0.1) is 5.82 Å². The minimum atomic E-state index is -0.476. The Morgan fingerprint density at radius 1 is 1.03 bits per heavy atom. The Morgan fingerprint density at radius 3 is 2.52 bits per heavy atom. The van der Waals surface area contributed by atoms with Gasteiger partial charge < -0.3 is 14.8 Å². The van der Waals surface area contributed by atoms with E-state index in [0.29, 0.717) is 27.1 Å². The predicted octanol–water partition coefficient (Wildman–Crippen LogP) is 5.27. The highest BCUT2D eigenvalue weighted by Gasteiger charge is 2.33. The van der Waals surface area contributed by atoms with E-state index in [4.69, 9.17) is 9.47 Å². The van der Waals surface area contributed by atoms with E-state index in [1.165, 1.54) is 19.2 Å². The summed E-state index contributed by atoms with van der Waals surface area (Å²) in [7, 11) is 1.50. The molecule has 168 valence electrons. The van der Waals surface area contributed by atoms with E-state index in [9.17, 15) is 14.0 Å². The number of methoxy groups -OCH3 is 1. The third-order valence-electron chi connectivity index (χ3n) is 4.98. The molecular weight excluding hydrogens is 491 g/mol. The van der Waals surface area contributed by atoms with Gasteiger partial charge in [-0.25, -0.2) is 9.18 Å². The number of hydrogen-bond donors (Lipinski definition) is 1. The second-order valence-electron chi connectivity index (χ2n) is 7.32. The van der Waals surface area contributed by atoms with Crippen LogP contribution in [0.5, 0.6) is 11.5 Å². The molecule has 0 atom stereocenters. The molecule has 3 amide bonds. The van der Waals surface area contributed by atoms with Crippen LogP contribution < -0.4 is 14.8 Å². The molecular formula is C25H20BrFN2O4. The summed E-state index contributed by atoms with van der Waals surface area (Å²) in [6, 6.07) is 18.4. The van der Waals surface area contributed by atoms with Crippen molar-refractivity contribution in [3.63, 3.8) is 0 Å². The number of nitrogens with zero attached hydrogens (tertiary/aromatic N) is 1. The minimum absolute atomic E-state index is 0.149. The second-order valence-corrected chi connectivity index (χ2v) is 8.17. The molecule has 0 unspecified atom stereocenters. The molecule has 1 heterocycles. The van der Waals surface area contributed by atoms with Crippen LogP contribution in [-0.4, -0.2) is 23.9 Å². The van der Waals surface area contributed by atoms with Gasteiger partial charge in [0.1, 0.15) is 18.1 Å². The Balaban J connectivity index is 1.53. The number of ether oxygens (including phenoxy) is 2. The first-order valence-electron chi connectivity index (χ1n) is 10.1. The molecule has 1 saturated heterocycles. The summed E-state index contributed by atoms with van der Waals surface area (Å²) in [6.07, 6.45) is 1.58. The number of imide groups is 1. The molecule has 0 spiro atoms. The molecule has 3 aromatic rings. The third-order valence-corrected chi connectivity index (χ3v) is 5.57. The molecule has 1 aliphatic rings. The van der Waals surface area contributed by atoms with Crippen molar-refractivity contribution in [2.75, 3.05) is 7.11 Å². The highest BCUT2D eigenvalue weighted by atomic mass is 79.9. The first-order chi connectivity index (χ1) is 15.9. The number of carbonyl (C=O) groups is 2. The summed E-state index contributed by atoms with van der Waals surface area (Å²) >= 11 is 3.47. The smallest absolute Gasteiger partial charge is 0.329 e. The van der Waals surface area contributed by atoms with Gasteiger partial charge in [-0.05, 0) is 63.0 Å². The van der Waals surface area contributed by atoms with Gasteiger partial charge in [0, 0.05) is 0 Å². The molecule has 0 aromatic heterocycles. The van der Waals surface area contributed by atoms with Crippen LogP contribution in [-0.2, 0) is 17.9 Å². The summed E-state index contributed by atoms with van der Waals surface area (Å²) in [6.45, 7) is 0.332. The SMILES string of the molecule is COc1cc(/C=C2/NC(=O)N(Cc3ccccc3)C2=O)cc(Br)c1OCc1cccc(F)c1. The zero-order valence-corrected chi connectivity index (χ0v) is 19.3. The fourth-order valence-corrected chi connectivity index (χ4v) is 3.97. The van der Waals surface area contributed by atoms with E-state index < -0.39 is 11.9 Å². The summed E-state index contributed by atoms with van der Waals surface area (Å²) in [5.41, 5.74) is 2.32. The van der Waals surface area contributed by atoms with Crippen molar-refractivity contribution in [1.29, 1.82) is 0 Å². The van der Waals surface area contributed by atoms with Gasteiger partial charge in [0.2, 0.25) is 0 Å². The zero-order chi connectivity index (χ0) is 23.4. The Kier molecular flexibility index (Phi) is 6.74. The Labute approximate surface area is 198 Å². The normalized spacial score (nSPS) is 14.5. The van der Waals surface area contributed by atoms with Crippen molar-refractivity contribution < 1.29 is 23.5 Å². The van der Waals surface area contributed by atoms with Gasteiger partial charge in [0.15, 0.2) is 11.5 Å². The number of amides is 3. The van der Waals surface area contributed by atoms with Gasteiger partial charge in [-0.1, -0.05) is 42.5 Å². The molecule has 0 bridgehead atoms. The fraction of sp³-hybridized carbons (Fsp3) is 0.120. The van der Waals surface area contributed by atoms with Gasteiger partial charge in [0.05, 0.1) is 18.1 Å². The zero-order valence-electron chi connectivity index (χ0n) is 17.7. The lowest BCUT2D eigenvalue weighted by atomic mass is 10.1. The van der Waals surface area contributed by atoms with Crippen LogP contribution in [0.25, 0.3) is 6.08 Å². The van der Waals surface area contributed by atoms with Crippen molar-refractivity contribution in [3.05, 3.63) is 99.4 Å². The van der Waals surface area contributed by atoms with Crippen LogP contribution >= 0.6 is 15.9 Å². The average Bonchev–Trinajstić information content (AvgIpc) is 3.06. The molecule has 1 fully saturated rings. The molecule has 1 N–H and O–H groups in total. The van der Waals surface area contributed by atoms with Crippen molar-refractivity contribution in [2.24, 2.45) is 0 Å². The number of hydrogen-bond acceptors (Lipinski definition) is 4. The highest BCUT2D eigenvalue weighted by molar-refractivity contribution is 9.10. The molecule has 3 aromatic carbocycles. The van der Waals surface area contributed by atoms with Gasteiger partial charge in [-0.15, -0.1) is 0 Å². The quantitative estimate of drug-likeness (QED) is 0.347. The maximum absolute atomic E-state index is 13.4. The largest absolute Gasteiger partial charge is 0.493 e. The Bertz CT molecular complexity index is 1230. The summed E-state index contributed by atoms with van der Waals surface area (Å²) in [4.78, 5) is 26.3. The van der Waals surface area contributed by atoms with E-state index in [-0.39, 0.29) is 24.7 Å². The van der Waals surface area contributed by atoms with E-state index in [1.54, 1.807) is 30.3 Å². The highest BCUT2D eigenvalue weighted by Crippen LogP contribution is 2.38. The van der Waals surface area contributed by atoms with Crippen LogP contribution in [0.3, 0.4) is 0 Å². The van der Waals surface area contributed by atoms with E-state index >= 15 is 0 Å². The van der Waals surface area contributed by atoms with Crippen LogP contribution in [0.4, 0.5) is 9.18 Å². The Hall–Kier alpha value is -3.65. The monoisotopic (exact) mass is 510 g/mol. The fourth-order valence-electron chi connectivity index (χ4n) is 3.39. The van der Waals surface area contributed by atoms with Gasteiger partial charge in [0.25, 0.3) is 5.91 Å². The van der Waals surface area contributed by atoms with Crippen molar-refractivity contribution in [2.45, 2.75) is 13.2 Å². The third kappa shape index (κ3) is 5.23. The molecule has 0 saturated carbocycles. The molecule has 0 aliphatic carbocycles. The maximum atomic E-state index is 13.4. The molecule has 8 heteroatoms. The van der Waals surface area contributed by atoms with Crippen LogP contribution in [0.2, 0.25) is 0 Å². The van der Waals surface area contributed by atoms with Crippen molar-refractivity contribution in [3.8, 4) is 11.5 Å². The van der Waals surface area contributed by atoms with Crippen LogP contribution in [0.15, 0.2) is 76.9 Å². The minimum Gasteiger partial charge on any atom is -0.493 e. The van der Waals surface area contributed by atoms with E-state index in [2.05, 4.69) is 21.2 Å². The number of carbonyl (C=O) groups excluding carboxylic acids is 2. The topological polar surface area (TPSA) is 67.9 Å². The summed E-state index contributed by atoms with van der Waals surface area (Å²) in [5.74, 6) is 0.112. The first-order valence-corrected chi connectivity index (χ1v) is 10.9. The van der Waals surface area contributed by atoms with Gasteiger partial charge >= 0.3 is 6.03 Å². The number of rotatable bonds is 7. The molecule has 33 heavy (non-hydrogen) atoms. The van der Waals surface area contributed by atoms with Crippen molar-refractivity contribution in [1.82, 2.24) is 10.2 Å². The van der Waals surface area contributed by atoms with Gasteiger partial charge in [-0.3, -0.25) is 9.69 Å². The molecule has 0 radical (unpaired) electrons. The lowest BCUT2D eigenvalue weighted by Gasteiger charge is -2.14. The predicted molar refractivity (Wildman–Crippen MR) is 125 cm³/mol. The molecule has 1 aliphatic heterocycles. The molecule has 4 rings (SSSR count). The first kappa shape index (κ1) is 22.5. The number of urea groups is 1. The number of benzene rings is 3. The molecule has 6 nitrogen and oxygen atoms in total. The average molecular weight is 511 g/mol. The van der Waals surface area contributed by atoms with Crippen molar-refractivity contribution >= 4 is 33.9 Å². The van der Waals surface area contributed by atoms with Crippen LogP contribution in [0.1, 0.15) is 16.7 Å². The Morgan fingerprint density at radius 2 is 1.79 bits per heavy atom. The number of nitrogens with one attached hydrogen (secondary N) is 1. The summed E-state index contributed by atoms with van der Waals surface area (Å²) < 4.78 is 25.3. The van der Waals surface area contributed by atoms with Gasteiger partial charge in [-0.2, -0.15) is 0 Å². The van der Waals surface area contributed by atoms with E-state index in [1.807, 2.05) is 30.3 Å². The maximum Gasteiger partial charge on any atom is 0.329 e. The summed E-state index contributed by atoms with van der Waals surface area (Å²) in [5, 5.41) is 2.62. The lowest BCUT2D eigenvalue weighted by Crippen LogP contribution is -2.30. The second kappa shape index (κ2) is 9.87. The standard InChI is InChI=1S/C25H20BrFN2O4/c1-32-22-13-18(11-20(26)23(22)33-15-17-8-5-9-19(27)10-17)12-21-24(30)29(25(31)28-21)14-16-6-3-2-4-7-16/h2-13H,14-15H2,1H3,(H,28,31)/b21-12+.